The molecule has 0 spiro atoms. The number of benzene rings is 2. The quantitative estimate of drug-likeness (QED) is 0.221. The van der Waals surface area contributed by atoms with E-state index in [2.05, 4.69) is 22.6 Å². The Bertz CT molecular complexity index is 1460. The average Bonchev–Trinajstić information content (AvgIpc) is 2.81. The number of likely N-dealkylation sites (N-methyl/N-ethyl adjacent to an activating group) is 1. The number of nitrogens with two attached hydrogens (primary N) is 1. The monoisotopic (exact) mass is 595 g/mol. The van der Waals surface area contributed by atoms with Gasteiger partial charge in [-0.1, -0.05) is 0 Å². The Kier molecular flexibility index (Phi) is 6.03. The molecule has 0 saturated heterocycles. The molecule has 0 unspecified atom stereocenters. The van der Waals surface area contributed by atoms with Gasteiger partial charge < -0.3 is 10.8 Å². The molecule has 3 aliphatic carbocycles. The fraction of sp³-hybridized carbons (Fsp3) is 0.346. The SMILES string of the molecule is CN(C)[C@@H]1C(O)=C(C(N)=O)C(=O)[C@@]2(O)C(O)=C3C(=O)c4c(cc5ccc(C[NH][Rh])cc5c4O)C[C@H]3C[C@@H]12. The fourth-order valence-corrected chi connectivity index (χ4v) is 6.58. The third-order valence-electron chi connectivity index (χ3n) is 7.85. The van der Waals surface area contributed by atoms with Crippen molar-refractivity contribution in [1.29, 1.82) is 0 Å². The summed E-state index contributed by atoms with van der Waals surface area (Å²) >= 11 is 2.59. The maximum atomic E-state index is 13.8. The number of nitrogens with zero attached hydrogens (tertiary/aromatic N) is 1. The van der Waals surface area contributed by atoms with Crippen LogP contribution in [-0.2, 0) is 41.1 Å². The van der Waals surface area contributed by atoms with Gasteiger partial charge in [0.1, 0.15) is 11.3 Å². The van der Waals surface area contributed by atoms with Gasteiger partial charge in [0.05, 0.1) is 6.04 Å². The van der Waals surface area contributed by atoms with Gasteiger partial charge in [-0.15, -0.1) is 0 Å². The topological polar surface area (TPSA) is 173 Å². The summed E-state index contributed by atoms with van der Waals surface area (Å²) in [6.07, 6.45) is 0.314. The standard InChI is InChI=1S/C26H26N3O7.Rh/c1-29(2)19-15-8-13-7-12-6-11-4-3-10(9-27)5-14(11)20(30)16(12)21(31)17(13)23(33)26(15,36)24(34)18(22(19)32)25(28)35;/h3-6,13,15,19,27,30,32-33,36H,7-9H2,1-2H3,(H2,28,35);/q-1;+1/t13-,15-,19-,26-;/m0./s1. The minimum absolute atomic E-state index is 0.00228. The normalized spacial score (nSPS) is 27.5. The number of aliphatic hydroxyl groups is 3. The van der Waals surface area contributed by atoms with E-state index in [1.165, 1.54) is 4.90 Å². The van der Waals surface area contributed by atoms with E-state index in [1.54, 1.807) is 20.2 Å². The Morgan fingerprint density at radius 2 is 1.92 bits per heavy atom. The second kappa shape index (κ2) is 8.73. The van der Waals surface area contributed by atoms with E-state index in [0.29, 0.717) is 17.5 Å². The van der Waals surface area contributed by atoms with E-state index in [1.807, 2.05) is 18.2 Å². The van der Waals surface area contributed by atoms with Gasteiger partial charge in [-0.3, -0.25) is 14.5 Å². The molecule has 0 aromatic heterocycles. The Morgan fingerprint density at radius 3 is 2.54 bits per heavy atom. The minimum atomic E-state index is -2.64. The van der Waals surface area contributed by atoms with E-state index in [4.69, 9.17) is 5.73 Å². The number of rotatable bonds is 4. The maximum absolute atomic E-state index is 13.8. The molecule has 0 fully saturated rings. The van der Waals surface area contributed by atoms with Crippen molar-refractivity contribution in [3.05, 3.63) is 63.6 Å². The third kappa shape index (κ3) is 3.49. The van der Waals surface area contributed by atoms with E-state index < -0.39 is 58.0 Å². The molecule has 0 saturated carbocycles. The number of amides is 1. The first-order valence-electron chi connectivity index (χ1n) is 11.7. The number of phenolic OH excluding ortho intramolecular Hbond substituents is 1. The number of allylic oxidation sites excluding steroid dienone is 1. The van der Waals surface area contributed by atoms with Crippen LogP contribution in [0.15, 0.2) is 46.9 Å². The van der Waals surface area contributed by atoms with Gasteiger partial charge in [0, 0.05) is 0 Å². The molecule has 5 rings (SSSR count). The van der Waals surface area contributed by atoms with Crippen molar-refractivity contribution in [1.82, 2.24) is 8.96 Å². The molecule has 7 N–H and O–H groups in total. The molecule has 0 heterocycles. The number of primary amides is 1. The van der Waals surface area contributed by atoms with Crippen LogP contribution >= 0.6 is 0 Å². The summed E-state index contributed by atoms with van der Waals surface area (Å²) < 4.78 is 2.93. The van der Waals surface area contributed by atoms with Gasteiger partial charge in [-0.05, 0) is 14.1 Å². The fourth-order valence-electron chi connectivity index (χ4n) is 6.24. The van der Waals surface area contributed by atoms with Gasteiger partial charge in [0.2, 0.25) is 0 Å². The van der Waals surface area contributed by atoms with E-state index in [9.17, 15) is 34.8 Å². The molecule has 10 nitrogen and oxygen atoms in total. The number of nitrogens with one attached hydrogen (secondary N) is 1. The Morgan fingerprint density at radius 1 is 1.22 bits per heavy atom. The van der Waals surface area contributed by atoms with E-state index >= 15 is 0 Å². The number of aromatic hydroxyl groups is 1. The third-order valence-corrected chi connectivity index (χ3v) is 8.14. The molecule has 3 aliphatic rings. The van der Waals surface area contributed by atoms with E-state index in [-0.39, 0.29) is 29.7 Å². The summed E-state index contributed by atoms with van der Waals surface area (Å²) in [5.41, 5.74) is 3.17. The van der Waals surface area contributed by atoms with Crippen molar-refractivity contribution < 1.29 is 53.4 Å². The van der Waals surface area contributed by atoms with Crippen molar-refractivity contribution in [3.8, 4) is 5.75 Å². The summed E-state index contributed by atoms with van der Waals surface area (Å²) in [6, 6.07) is 6.33. The molecule has 2 aromatic rings. The van der Waals surface area contributed by atoms with Crippen LogP contribution in [0.4, 0.5) is 0 Å². The predicted molar refractivity (Wildman–Crippen MR) is 128 cm³/mol. The van der Waals surface area contributed by atoms with Crippen molar-refractivity contribution >= 4 is 28.2 Å². The molecule has 4 atom stereocenters. The van der Waals surface area contributed by atoms with Gasteiger partial charge >= 0.3 is 160 Å². The van der Waals surface area contributed by atoms with Gasteiger partial charge in [0.25, 0.3) is 5.91 Å². The number of hydrogen-bond donors (Lipinski definition) is 6. The second-order valence-corrected chi connectivity index (χ2v) is 10.7. The molecular weight excluding hydrogens is 569 g/mol. The molecular formula is C26H26N3O7Rh. The van der Waals surface area contributed by atoms with Crippen LogP contribution in [0.1, 0.15) is 27.9 Å². The first-order valence-corrected chi connectivity index (χ1v) is 12.5. The Balaban J connectivity index is 1.71. The number of carbonyl (C=O) groups excluding carboxylic acids is 3. The van der Waals surface area contributed by atoms with Crippen LogP contribution in [0, 0.1) is 11.8 Å². The second-order valence-electron chi connectivity index (χ2n) is 10.1. The van der Waals surface area contributed by atoms with Gasteiger partial charge in [-0.2, -0.15) is 0 Å². The van der Waals surface area contributed by atoms with Crippen molar-refractivity contribution in [3.63, 3.8) is 0 Å². The van der Waals surface area contributed by atoms with Crippen LogP contribution < -0.4 is 9.79 Å². The predicted octanol–water partition coefficient (Wildman–Crippen LogP) is 0.825. The molecule has 1 amide bonds. The van der Waals surface area contributed by atoms with Gasteiger partial charge in [0.15, 0.2) is 0 Å². The zero-order chi connectivity index (χ0) is 27.0. The average molecular weight is 595 g/mol. The first-order chi connectivity index (χ1) is 17.4. The number of carbonyl (C=O) groups is 3. The van der Waals surface area contributed by atoms with Crippen LogP contribution in [0.3, 0.4) is 0 Å². The molecule has 37 heavy (non-hydrogen) atoms. The number of phenols is 1. The molecule has 0 radical (unpaired) electrons. The van der Waals surface area contributed by atoms with Gasteiger partial charge in [-0.25, -0.2) is 0 Å². The first kappa shape index (κ1) is 25.5. The number of ketones is 2. The van der Waals surface area contributed by atoms with Crippen molar-refractivity contribution in [2.75, 3.05) is 14.1 Å². The van der Waals surface area contributed by atoms with Crippen LogP contribution in [-0.4, -0.2) is 68.5 Å². The van der Waals surface area contributed by atoms with Crippen LogP contribution in [0.5, 0.6) is 5.75 Å². The van der Waals surface area contributed by atoms with Crippen LogP contribution in [0.25, 0.3) is 10.8 Å². The molecule has 2 aromatic carbocycles. The summed E-state index contributed by atoms with van der Waals surface area (Å²) in [7, 11) is 3.19. The molecule has 11 heteroatoms. The van der Waals surface area contributed by atoms with Crippen LogP contribution in [0.2, 0.25) is 0 Å². The van der Waals surface area contributed by atoms with Crippen molar-refractivity contribution in [2.24, 2.45) is 17.6 Å². The number of Topliss-reactive ketones (excluding diaryl/α,β-unsaturated/α-hetero) is 2. The molecule has 196 valence electrons. The van der Waals surface area contributed by atoms with E-state index in [0.717, 1.165) is 10.9 Å². The summed E-state index contributed by atoms with van der Waals surface area (Å²) in [5, 5.41) is 46.2. The number of hydrogen-bond acceptors (Lipinski definition) is 9. The zero-order valence-electron chi connectivity index (χ0n) is 20.0. The molecule has 0 aliphatic heterocycles. The van der Waals surface area contributed by atoms with Crippen molar-refractivity contribution in [2.45, 2.75) is 31.0 Å². The summed E-state index contributed by atoms with van der Waals surface area (Å²) in [6.45, 7) is 0.507. The summed E-state index contributed by atoms with van der Waals surface area (Å²) in [4.78, 5) is 40.7. The Hall–Kier alpha value is -3.11. The number of fused-ring (bicyclic) bond motifs is 4. The number of aliphatic hydroxyl groups excluding tert-OH is 2. The Labute approximate surface area is 222 Å². The summed E-state index contributed by atoms with van der Waals surface area (Å²) in [5.74, 6) is -6.54. The molecule has 0 bridgehead atoms. The zero-order valence-corrected chi connectivity index (χ0v) is 21.7.